The third kappa shape index (κ3) is 10.3. The summed E-state index contributed by atoms with van der Waals surface area (Å²) in [5, 5.41) is 9.60. The zero-order valence-electron chi connectivity index (χ0n) is 29.3. The maximum atomic E-state index is 14.0. The van der Waals surface area contributed by atoms with Crippen LogP contribution in [0.3, 0.4) is 0 Å². The van der Waals surface area contributed by atoms with Crippen molar-refractivity contribution < 1.29 is 24.0 Å². The minimum absolute atomic E-state index is 0.249. The number of benzene rings is 2. The van der Waals surface area contributed by atoms with E-state index in [0.717, 1.165) is 54.1 Å². The molecule has 1 radical (unpaired) electrons. The monoisotopic (exact) mass is 698 g/mol. The number of aromatic nitrogens is 1. The predicted molar refractivity (Wildman–Crippen MR) is 196 cm³/mol. The van der Waals surface area contributed by atoms with E-state index in [9.17, 15) is 24.0 Å². The Morgan fingerprint density at radius 1 is 0.863 bits per heavy atom. The van der Waals surface area contributed by atoms with E-state index in [0.29, 0.717) is 51.6 Å². The molecule has 1 aromatic heterocycles. The number of nitrogens with two attached hydrogens (primary N) is 2. The molecule has 5 atom stereocenters. The van der Waals surface area contributed by atoms with E-state index in [4.69, 9.17) is 11.5 Å². The zero-order valence-corrected chi connectivity index (χ0v) is 29.3. The predicted octanol–water partition coefficient (Wildman–Crippen LogP) is 2.54. The standard InChI is InChI=1S/C39H52N7O5/c40-19-9-17-33(44-36(48)31(41)21-26-11-3-1-4-12-26)39(51)46-20-10-18-35(46)38(50)45-34(22-27-13-5-2-6-14-27)37(49)43-29(25-47)23-28-24-42-32-16-8-7-15-30(28)32/h1,3-4,7-8,11-12,15-16,24,27,29,31,33-35,42H,2,5-6,9-10,13-14,17-23,40-41H2,(H,43,49)(H,44,48)(H,45,50)/t29-,31-,33-,34+,35-/m0/s1. The summed E-state index contributed by atoms with van der Waals surface area (Å²) in [6.07, 6.45) is 11.8. The molecule has 4 amide bonds. The number of carbonyl (C=O) groups excluding carboxylic acids is 5. The summed E-state index contributed by atoms with van der Waals surface area (Å²) in [4.78, 5) is 71.7. The summed E-state index contributed by atoms with van der Waals surface area (Å²) in [6.45, 7) is 0.672. The molecule has 51 heavy (non-hydrogen) atoms. The number of aromatic amines is 1. The van der Waals surface area contributed by atoms with E-state index < -0.39 is 47.9 Å². The molecule has 1 saturated carbocycles. The van der Waals surface area contributed by atoms with Crippen molar-refractivity contribution in [1.82, 2.24) is 25.8 Å². The molecule has 12 heteroatoms. The molecule has 8 N–H and O–H groups in total. The molecule has 0 unspecified atom stereocenters. The fraction of sp³-hybridized carbons (Fsp3) is 0.513. The summed E-state index contributed by atoms with van der Waals surface area (Å²) in [7, 11) is 0. The van der Waals surface area contributed by atoms with E-state index >= 15 is 0 Å². The molecule has 1 aliphatic heterocycles. The number of rotatable bonds is 17. The number of hydrogen-bond acceptors (Lipinski definition) is 7. The third-order valence-electron chi connectivity index (χ3n) is 10.3. The van der Waals surface area contributed by atoms with Gasteiger partial charge in [-0.3, -0.25) is 24.0 Å². The van der Waals surface area contributed by atoms with Gasteiger partial charge < -0.3 is 37.3 Å². The highest BCUT2D eigenvalue weighted by Gasteiger charge is 2.39. The quantitative estimate of drug-likeness (QED) is 0.125. The average Bonchev–Trinajstić information content (AvgIpc) is 3.81. The van der Waals surface area contributed by atoms with Gasteiger partial charge in [-0.2, -0.15) is 0 Å². The summed E-state index contributed by atoms with van der Waals surface area (Å²) < 4.78 is 0. The van der Waals surface area contributed by atoms with Gasteiger partial charge in [-0.05, 0) is 68.2 Å². The molecule has 1 aliphatic carbocycles. The third-order valence-corrected chi connectivity index (χ3v) is 10.3. The molecule has 2 aliphatic rings. The Morgan fingerprint density at radius 2 is 1.61 bits per heavy atom. The van der Waals surface area contributed by atoms with Crippen molar-refractivity contribution in [3.05, 3.63) is 71.9 Å². The number of amides is 4. The Hall–Kier alpha value is -4.55. The second-order valence-corrected chi connectivity index (χ2v) is 14.0. The van der Waals surface area contributed by atoms with Crippen molar-refractivity contribution in [2.45, 2.75) is 107 Å². The first-order valence-corrected chi connectivity index (χ1v) is 18.4. The van der Waals surface area contributed by atoms with Crippen LogP contribution in [0.4, 0.5) is 0 Å². The number of nitrogens with one attached hydrogen (secondary N) is 4. The first kappa shape index (κ1) is 37.7. The second-order valence-electron chi connectivity index (χ2n) is 14.0. The largest absolute Gasteiger partial charge is 0.361 e. The van der Waals surface area contributed by atoms with Crippen LogP contribution in [-0.2, 0) is 36.8 Å². The molecule has 12 nitrogen and oxygen atoms in total. The first-order chi connectivity index (χ1) is 24.8. The minimum Gasteiger partial charge on any atom is -0.361 e. The van der Waals surface area contributed by atoms with Gasteiger partial charge in [-0.25, -0.2) is 0 Å². The van der Waals surface area contributed by atoms with Crippen molar-refractivity contribution in [2.75, 3.05) is 13.1 Å². The Morgan fingerprint density at radius 3 is 2.35 bits per heavy atom. The number of nitrogens with zero attached hydrogens (tertiary/aromatic N) is 1. The van der Waals surface area contributed by atoms with Crippen molar-refractivity contribution in [3.63, 3.8) is 0 Å². The Balaban J connectivity index is 1.26. The van der Waals surface area contributed by atoms with Crippen LogP contribution in [0.1, 0.15) is 75.3 Å². The number of hydrogen-bond donors (Lipinski definition) is 6. The number of H-pyrrole nitrogens is 1. The van der Waals surface area contributed by atoms with E-state index in [-0.39, 0.29) is 18.2 Å². The fourth-order valence-electron chi connectivity index (χ4n) is 7.49. The summed E-state index contributed by atoms with van der Waals surface area (Å²) in [6, 6.07) is 12.8. The van der Waals surface area contributed by atoms with Gasteiger partial charge in [0.15, 0.2) is 0 Å². The second kappa shape index (κ2) is 18.6. The van der Waals surface area contributed by atoms with E-state index in [1.807, 2.05) is 67.1 Å². The van der Waals surface area contributed by atoms with Gasteiger partial charge in [0.25, 0.3) is 0 Å². The normalized spacial score (nSPS) is 18.8. The van der Waals surface area contributed by atoms with Crippen LogP contribution in [0.2, 0.25) is 0 Å². The highest BCUT2D eigenvalue weighted by molar-refractivity contribution is 5.95. The molecule has 1 saturated heterocycles. The number of para-hydroxylation sites is 1. The summed E-state index contributed by atoms with van der Waals surface area (Å²) >= 11 is 0. The van der Waals surface area contributed by atoms with E-state index in [1.165, 1.54) is 4.90 Å². The van der Waals surface area contributed by atoms with Gasteiger partial charge in [0.1, 0.15) is 18.1 Å². The maximum absolute atomic E-state index is 14.0. The van der Waals surface area contributed by atoms with Gasteiger partial charge in [0.05, 0.1) is 12.1 Å². The van der Waals surface area contributed by atoms with Crippen molar-refractivity contribution >= 4 is 40.8 Å². The van der Waals surface area contributed by atoms with E-state index in [1.54, 1.807) is 0 Å². The lowest BCUT2D eigenvalue weighted by atomic mass is 9.84. The molecule has 5 rings (SSSR count). The Bertz CT molecular complexity index is 1620. The number of likely N-dealkylation sites (tertiary alicyclic amines) is 1. The Labute approximate surface area is 299 Å². The van der Waals surface area contributed by atoms with Crippen molar-refractivity contribution in [1.29, 1.82) is 0 Å². The topological polar surface area (TPSA) is 193 Å². The fourth-order valence-corrected chi connectivity index (χ4v) is 7.49. The van der Waals surface area contributed by atoms with Crippen molar-refractivity contribution in [3.8, 4) is 0 Å². The maximum Gasteiger partial charge on any atom is 0.245 e. The molecule has 2 aromatic carbocycles. The van der Waals surface area contributed by atoms with Crippen LogP contribution in [0, 0.1) is 5.92 Å². The van der Waals surface area contributed by atoms with Crippen molar-refractivity contribution in [2.24, 2.45) is 17.4 Å². The zero-order chi connectivity index (χ0) is 36.2. The molecule has 0 spiro atoms. The minimum atomic E-state index is -0.910. The first-order valence-electron chi connectivity index (χ1n) is 18.4. The van der Waals surface area contributed by atoms with Gasteiger partial charge >= 0.3 is 0 Å². The van der Waals surface area contributed by atoms with Crippen LogP contribution in [0.5, 0.6) is 0 Å². The molecule has 0 bridgehead atoms. The van der Waals surface area contributed by atoms with Crippen LogP contribution >= 0.6 is 0 Å². The van der Waals surface area contributed by atoms with Crippen LogP contribution in [0.15, 0.2) is 60.8 Å². The lowest BCUT2D eigenvalue weighted by Gasteiger charge is -2.31. The van der Waals surface area contributed by atoms with Gasteiger partial charge in [-0.15, -0.1) is 0 Å². The average molecular weight is 699 g/mol. The lowest BCUT2D eigenvalue weighted by Crippen LogP contribution is -2.58. The van der Waals surface area contributed by atoms with Crippen LogP contribution in [0.25, 0.3) is 10.9 Å². The lowest BCUT2D eigenvalue weighted by molar-refractivity contribution is -0.142. The number of fused-ring (bicyclic) bond motifs is 1. The highest BCUT2D eigenvalue weighted by Crippen LogP contribution is 2.28. The summed E-state index contributed by atoms with van der Waals surface area (Å²) in [5.74, 6) is -1.45. The Kier molecular flexibility index (Phi) is 13.8. The van der Waals surface area contributed by atoms with Crippen LogP contribution in [-0.4, -0.2) is 83.1 Å². The smallest absolute Gasteiger partial charge is 0.245 e. The molecular weight excluding hydrogens is 646 g/mol. The highest BCUT2D eigenvalue weighted by atomic mass is 16.2. The SMILES string of the molecule is NCCC[C@H](NC(=O)[C@@H](N)Cc1ccccc1)C(=O)N1CCC[C@H]1C(=O)N[C@H](CC1CCCCC1)C(=O)N[C@H]([C]=O)Cc1c[nH]c2ccccc12. The van der Waals surface area contributed by atoms with Gasteiger partial charge in [0, 0.05) is 30.1 Å². The molecule has 3 aromatic rings. The molecule has 273 valence electrons. The summed E-state index contributed by atoms with van der Waals surface area (Å²) in [5.41, 5.74) is 14.7. The van der Waals surface area contributed by atoms with Gasteiger partial charge in [-0.1, -0.05) is 80.6 Å². The molecule has 2 heterocycles. The number of carbonyl (C=O) groups is 4. The van der Waals surface area contributed by atoms with Crippen LogP contribution < -0.4 is 27.4 Å². The molecule has 2 fully saturated rings. The molecular formula is C39H52N7O5. The van der Waals surface area contributed by atoms with E-state index in [2.05, 4.69) is 20.9 Å². The van der Waals surface area contributed by atoms with Gasteiger partial charge in [0.2, 0.25) is 29.9 Å².